The van der Waals surface area contributed by atoms with Crippen LogP contribution < -0.4 is 9.21 Å². The van der Waals surface area contributed by atoms with Crippen LogP contribution in [0.1, 0.15) is 36.5 Å². The van der Waals surface area contributed by atoms with E-state index in [4.69, 9.17) is 0 Å². The van der Waals surface area contributed by atoms with Gasteiger partial charge in [0, 0.05) is 24.7 Å². The molecule has 2 aromatic carbocycles. The summed E-state index contributed by atoms with van der Waals surface area (Å²) in [5.74, 6) is 0.0472. The van der Waals surface area contributed by atoms with Crippen LogP contribution in [-0.2, 0) is 21.2 Å². The molecule has 1 amide bonds. The fourth-order valence-corrected chi connectivity index (χ4v) is 4.76. The summed E-state index contributed by atoms with van der Waals surface area (Å²) >= 11 is 0. The molecule has 1 heterocycles. The van der Waals surface area contributed by atoms with Crippen molar-refractivity contribution in [2.24, 2.45) is 0 Å². The van der Waals surface area contributed by atoms with Gasteiger partial charge in [-0.2, -0.15) is 0 Å². The van der Waals surface area contributed by atoms with Crippen LogP contribution in [0.25, 0.3) is 0 Å². The van der Waals surface area contributed by atoms with E-state index >= 15 is 0 Å². The molecule has 1 aliphatic rings. The molecule has 3 rings (SSSR count). The van der Waals surface area contributed by atoms with Crippen LogP contribution in [0, 0.1) is 13.8 Å². The number of anilines is 2. The fourth-order valence-electron chi connectivity index (χ4n) is 3.81. The number of para-hydroxylation sites is 1. The number of sulfonamides is 1. The number of fused-ring (bicyclic) bond motifs is 1. The van der Waals surface area contributed by atoms with Gasteiger partial charge < -0.3 is 4.90 Å². The monoisotopic (exact) mass is 400 g/mol. The van der Waals surface area contributed by atoms with E-state index in [1.54, 1.807) is 0 Å². The SMILES string of the molecule is Cc1ccc(N(CCCC(=O)N2c3ccccc3C[C@H]2C)S(C)(=O)=O)cc1C. The summed E-state index contributed by atoms with van der Waals surface area (Å²) in [6.45, 7) is 6.30. The predicted molar refractivity (Wildman–Crippen MR) is 114 cm³/mol. The Morgan fingerprint density at radius 2 is 1.86 bits per heavy atom. The van der Waals surface area contributed by atoms with Crippen molar-refractivity contribution in [2.45, 2.75) is 46.1 Å². The minimum absolute atomic E-state index is 0.0472. The third kappa shape index (κ3) is 4.22. The van der Waals surface area contributed by atoms with Gasteiger partial charge in [-0.05, 0) is 68.5 Å². The van der Waals surface area contributed by atoms with Gasteiger partial charge in [0.2, 0.25) is 15.9 Å². The van der Waals surface area contributed by atoms with Crippen molar-refractivity contribution in [2.75, 3.05) is 22.0 Å². The normalized spacial score (nSPS) is 16.1. The number of nitrogens with zero attached hydrogens (tertiary/aromatic N) is 2. The summed E-state index contributed by atoms with van der Waals surface area (Å²) in [6.07, 6.45) is 2.86. The average Bonchev–Trinajstić information content (AvgIpc) is 2.96. The van der Waals surface area contributed by atoms with E-state index < -0.39 is 10.0 Å². The van der Waals surface area contributed by atoms with Crippen molar-refractivity contribution in [3.05, 3.63) is 59.2 Å². The molecule has 150 valence electrons. The number of aryl methyl sites for hydroxylation is 2. The lowest BCUT2D eigenvalue weighted by atomic mass is 10.1. The lowest BCUT2D eigenvalue weighted by Gasteiger charge is -2.25. The lowest BCUT2D eigenvalue weighted by Crippen LogP contribution is -2.37. The highest BCUT2D eigenvalue weighted by atomic mass is 32.2. The average molecular weight is 401 g/mol. The van der Waals surface area contributed by atoms with E-state index in [0.29, 0.717) is 18.5 Å². The van der Waals surface area contributed by atoms with Crippen LogP contribution in [0.4, 0.5) is 11.4 Å². The maximum atomic E-state index is 12.8. The van der Waals surface area contributed by atoms with Crippen molar-refractivity contribution in [1.82, 2.24) is 0 Å². The number of hydrogen-bond acceptors (Lipinski definition) is 3. The van der Waals surface area contributed by atoms with Gasteiger partial charge in [0.05, 0.1) is 11.9 Å². The van der Waals surface area contributed by atoms with Crippen LogP contribution in [0.2, 0.25) is 0 Å². The number of hydrogen-bond donors (Lipinski definition) is 0. The Morgan fingerprint density at radius 3 is 2.54 bits per heavy atom. The first-order valence-corrected chi connectivity index (χ1v) is 11.5. The van der Waals surface area contributed by atoms with E-state index in [-0.39, 0.29) is 18.5 Å². The van der Waals surface area contributed by atoms with Gasteiger partial charge in [-0.3, -0.25) is 9.10 Å². The van der Waals surface area contributed by atoms with Gasteiger partial charge in [0.15, 0.2) is 0 Å². The van der Waals surface area contributed by atoms with E-state index in [1.165, 1.54) is 16.1 Å². The molecular formula is C22H28N2O3S. The summed E-state index contributed by atoms with van der Waals surface area (Å²) in [4.78, 5) is 14.7. The minimum Gasteiger partial charge on any atom is -0.309 e. The summed E-state index contributed by atoms with van der Waals surface area (Å²) in [7, 11) is -3.42. The molecule has 28 heavy (non-hydrogen) atoms. The third-order valence-corrected chi connectivity index (χ3v) is 6.60. The number of amides is 1. The zero-order chi connectivity index (χ0) is 20.5. The summed E-state index contributed by atoms with van der Waals surface area (Å²) in [6, 6.07) is 13.8. The van der Waals surface area contributed by atoms with E-state index in [1.807, 2.05) is 55.1 Å². The Morgan fingerprint density at radius 1 is 1.14 bits per heavy atom. The molecule has 0 saturated carbocycles. The number of benzene rings is 2. The molecule has 0 fully saturated rings. The fraction of sp³-hybridized carbons (Fsp3) is 0.409. The first-order chi connectivity index (χ1) is 13.2. The zero-order valence-corrected chi connectivity index (χ0v) is 17.8. The largest absolute Gasteiger partial charge is 0.309 e. The molecule has 0 aliphatic carbocycles. The maximum Gasteiger partial charge on any atom is 0.232 e. The molecule has 6 heteroatoms. The molecule has 0 saturated heterocycles. The quantitative estimate of drug-likeness (QED) is 0.740. The maximum absolute atomic E-state index is 12.8. The van der Waals surface area contributed by atoms with E-state index in [9.17, 15) is 13.2 Å². The second-order valence-corrected chi connectivity index (χ2v) is 9.56. The molecule has 0 N–H and O–H groups in total. The van der Waals surface area contributed by atoms with Crippen LogP contribution in [0.5, 0.6) is 0 Å². The smallest absolute Gasteiger partial charge is 0.232 e. The molecule has 1 atom stereocenters. The van der Waals surface area contributed by atoms with Crippen molar-refractivity contribution >= 4 is 27.3 Å². The molecule has 2 aromatic rings. The first kappa shape index (κ1) is 20.4. The van der Waals surface area contributed by atoms with Crippen molar-refractivity contribution in [3.63, 3.8) is 0 Å². The van der Waals surface area contributed by atoms with E-state index in [0.717, 1.165) is 23.2 Å². The number of carbonyl (C=O) groups is 1. The summed E-state index contributed by atoms with van der Waals surface area (Å²) < 4.78 is 26.0. The van der Waals surface area contributed by atoms with Crippen LogP contribution in [-0.4, -0.2) is 33.2 Å². The molecule has 1 aliphatic heterocycles. The Hall–Kier alpha value is -2.34. The number of carbonyl (C=O) groups excluding carboxylic acids is 1. The highest BCUT2D eigenvalue weighted by Gasteiger charge is 2.30. The standard InChI is InChI=1S/C22H28N2O3S/c1-16-11-12-20(14-17(16)2)23(28(4,26)27)13-7-10-22(25)24-18(3)15-19-8-5-6-9-21(19)24/h5-6,8-9,11-12,14,18H,7,10,13,15H2,1-4H3/t18-/m1/s1. The van der Waals surface area contributed by atoms with Crippen LogP contribution in [0.15, 0.2) is 42.5 Å². The molecule has 0 bridgehead atoms. The van der Waals surface area contributed by atoms with E-state index in [2.05, 4.69) is 13.0 Å². The minimum atomic E-state index is -3.42. The van der Waals surface area contributed by atoms with Crippen LogP contribution in [0.3, 0.4) is 0 Å². The second-order valence-electron chi connectivity index (χ2n) is 7.65. The number of rotatable bonds is 6. The Labute approximate surface area is 168 Å². The van der Waals surface area contributed by atoms with Gasteiger partial charge in [-0.1, -0.05) is 24.3 Å². The molecule has 0 radical (unpaired) electrons. The molecule has 5 nitrogen and oxygen atoms in total. The lowest BCUT2D eigenvalue weighted by molar-refractivity contribution is -0.118. The molecule has 0 unspecified atom stereocenters. The van der Waals surface area contributed by atoms with Crippen molar-refractivity contribution in [1.29, 1.82) is 0 Å². The molecule has 0 aromatic heterocycles. The summed E-state index contributed by atoms with van der Waals surface area (Å²) in [5, 5.41) is 0. The third-order valence-electron chi connectivity index (χ3n) is 5.41. The predicted octanol–water partition coefficient (Wildman–Crippen LogP) is 3.83. The van der Waals surface area contributed by atoms with Crippen molar-refractivity contribution in [3.8, 4) is 0 Å². The topological polar surface area (TPSA) is 57.7 Å². The highest BCUT2D eigenvalue weighted by molar-refractivity contribution is 7.92. The van der Waals surface area contributed by atoms with Gasteiger partial charge in [0.25, 0.3) is 0 Å². The first-order valence-electron chi connectivity index (χ1n) is 9.63. The van der Waals surface area contributed by atoms with Gasteiger partial charge in [0.1, 0.15) is 0 Å². The van der Waals surface area contributed by atoms with Crippen molar-refractivity contribution < 1.29 is 13.2 Å². The Bertz CT molecular complexity index is 985. The van der Waals surface area contributed by atoms with Gasteiger partial charge in [-0.15, -0.1) is 0 Å². The molecular weight excluding hydrogens is 372 g/mol. The Balaban J connectivity index is 1.69. The van der Waals surface area contributed by atoms with Gasteiger partial charge in [-0.25, -0.2) is 8.42 Å². The molecule has 0 spiro atoms. The Kier molecular flexibility index (Phi) is 5.79. The second kappa shape index (κ2) is 7.95. The van der Waals surface area contributed by atoms with Crippen LogP contribution >= 0.6 is 0 Å². The highest BCUT2D eigenvalue weighted by Crippen LogP contribution is 2.32. The zero-order valence-electron chi connectivity index (χ0n) is 17.0. The summed E-state index contributed by atoms with van der Waals surface area (Å²) in [5.41, 5.74) is 4.99. The van der Waals surface area contributed by atoms with Gasteiger partial charge >= 0.3 is 0 Å².